The maximum absolute atomic E-state index is 5.45. The Balaban J connectivity index is 2.01. The summed E-state index contributed by atoms with van der Waals surface area (Å²) in [4.78, 5) is 2.27. The van der Waals surface area contributed by atoms with Crippen LogP contribution in [0.25, 0.3) is 0 Å². The van der Waals surface area contributed by atoms with Gasteiger partial charge in [0.25, 0.3) is 0 Å². The van der Waals surface area contributed by atoms with E-state index in [2.05, 4.69) is 11.8 Å². The molecule has 2 aliphatic rings. The fourth-order valence-corrected chi connectivity index (χ4v) is 1.59. The van der Waals surface area contributed by atoms with Crippen LogP contribution in [0.2, 0.25) is 0 Å². The van der Waals surface area contributed by atoms with Crippen molar-refractivity contribution in [1.82, 2.24) is 4.90 Å². The lowest BCUT2D eigenvalue weighted by atomic mass is 10.2. The van der Waals surface area contributed by atoms with Crippen LogP contribution in [-0.4, -0.2) is 37.1 Å². The van der Waals surface area contributed by atoms with Crippen LogP contribution in [0.5, 0.6) is 0 Å². The second-order valence-electron chi connectivity index (χ2n) is 2.93. The molecular formula is C7H13NO2. The Bertz CT molecular complexity index is 127. The minimum atomic E-state index is 0.269. The molecule has 2 fully saturated rings. The first-order chi connectivity index (χ1) is 4.88. The van der Waals surface area contributed by atoms with Crippen molar-refractivity contribution in [3.05, 3.63) is 0 Å². The van der Waals surface area contributed by atoms with Crippen molar-refractivity contribution < 1.29 is 9.47 Å². The van der Waals surface area contributed by atoms with Gasteiger partial charge in [0.05, 0.1) is 6.61 Å². The number of fused-ring (bicyclic) bond motifs is 1. The van der Waals surface area contributed by atoms with E-state index >= 15 is 0 Å². The van der Waals surface area contributed by atoms with Gasteiger partial charge in [-0.2, -0.15) is 0 Å². The van der Waals surface area contributed by atoms with Crippen LogP contribution in [0.4, 0.5) is 0 Å². The Kier molecular flexibility index (Phi) is 1.64. The Hall–Kier alpha value is -0.120. The predicted octanol–water partition coefficient (Wildman–Crippen LogP) is 0.411. The molecule has 0 spiro atoms. The Labute approximate surface area is 60.9 Å². The molecule has 0 bridgehead atoms. The average Bonchev–Trinajstić information content (AvgIpc) is 2.34. The largest absolute Gasteiger partial charge is 0.366 e. The summed E-state index contributed by atoms with van der Waals surface area (Å²) in [5.41, 5.74) is 0. The molecule has 0 aromatic heterocycles. The van der Waals surface area contributed by atoms with E-state index in [1.807, 2.05) is 0 Å². The van der Waals surface area contributed by atoms with Gasteiger partial charge >= 0.3 is 0 Å². The Morgan fingerprint density at radius 2 is 2.40 bits per heavy atom. The van der Waals surface area contributed by atoms with Crippen molar-refractivity contribution in [2.75, 3.05) is 19.9 Å². The standard InChI is InChI=1S/C7H13NO2/c1-6-8-5-9-3-2-7(8)4-10-6/h6-7H,2-5H2,1H3. The molecule has 2 heterocycles. The SMILES string of the molecule is CC1OCC2CCOCN21. The molecule has 2 rings (SSSR count). The zero-order valence-electron chi connectivity index (χ0n) is 6.25. The highest BCUT2D eigenvalue weighted by molar-refractivity contribution is 4.78. The molecule has 0 aromatic carbocycles. The highest BCUT2D eigenvalue weighted by Gasteiger charge is 2.33. The predicted molar refractivity (Wildman–Crippen MR) is 36.5 cm³/mol. The highest BCUT2D eigenvalue weighted by Crippen LogP contribution is 2.21. The van der Waals surface area contributed by atoms with E-state index in [4.69, 9.17) is 9.47 Å². The minimum absolute atomic E-state index is 0.269. The third-order valence-corrected chi connectivity index (χ3v) is 2.30. The summed E-state index contributed by atoms with van der Waals surface area (Å²) in [5, 5.41) is 0. The molecule has 58 valence electrons. The molecule has 0 aliphatic carbocycles. The van der Waals surface area contributed by atoms with Crippen molar-refractivity contribution >= 4 is 0 Å². The van der Waals surface area contributed by atoms with Crippen molar-refractivity contribution in [2.24, 2.45) is 0 Å². The maximum Gasteiger partial charge on any atom is 0.109 e. The third-order valence-electron chi connectivity index (χ3n) is 2.30. The summed E-state index contributed by atoms with van der Waals surface area (Å²) in [5.74, 6) is 0. The normalized spacial score (nSPS) is 41.7. The lowest BCUT2D eigenvalue weighted by Crippen LogP contribution is -2.41. The van der Waals surface area contributed by atoms with Gasteiger partial charge in [-0.25, -0.2) is 4.90 Å². The van der Waals surface area contributed by atoms with E-state index in [0.717, 1.165) is 26.4 Å². The van der Waals surface area contributed by atoms with Gasteiger partial charge in [0.2, 0.25) is 0 Å². The van der Waals surface area contributed by atoms with Crippen LogP contribution in [-0.2, 0) is 9.47 Å². The Morgan fingerprint density at radius 1 is 1.50 bits per heavy atom. The molecule has 0 saturated carbocycles. The number of hydrogen-bond donors (Lipinski definition) is 0. The number of hydrogen-bond acceptors (Lipinski definition) is 3. The van der Waals surface area contributed by atoms with Gasteiger partial charge in [0.1, 0.15) is 13.0 Å². The highest BCUT2D eigenvalue weighted by atomic mass is 16.5. The first kappa shape index (κ1) is 6.58. The van der Waals surface area contributed by atoms with Crippen LogP contribution in [0, 0.1) is 0 Å². The topological polar surface area (TPSA) is 21.7 Å². The van der Waals surface area contributed by atoms with Crippen molar-refractivity contribution in [3.8, 4) is 0 Å². The van der Waals surface area contributed by atoms with E-state index in [0.29, 0.717) is 6.04 Å². The summed E-state index contributed by atoms with van der Waals surface area (Å²) in [6.45, 7) is 4.63. The van der Waals surface area contributed by atoms with Crippen LogP contribution in [0.15, 0.2) is 0 Å². The van der Waals surface area contributed by atoms with E-state index in [9.17, 15) is 0 Å². The summed E-state index contributed by atoms with van der Waals surface area (Å²) < 4.78 is 10.7. The third kappa shape index (κ3) is 0.944. The quantitative estimate of drug-likeness (QED) is 0.490. The molecule has 2 saturated heterocycles. The van der Waals surface area contributed by atoms with Crippen LogP contribution < -0.4 is 0 Å². The molecule has 2 aliphatic heterocycles. The van der Waals surface area contributed by atoms with Gasteiger partial charge in [0, 0.05) is 12.6 Å². The summed E-state index contributed by atoms with van der Waals surface area (Å²) in [6.07, 6.45) is 1.40. The van der Waals surface area contributed by atoms with Crippen molar-refractivity contribution in [2.45, 2.75) is 25.6 Å². The molecule has 0 N–H and O–H groups in total. The monoisotopic (exact) mass is 143 g/mol. The minimum Gasteiger partial charge on any atom is -0.366 e. The van der Waals surface area contributed by atoms with Gasteiger partial charge < -0.3 is 9.47 Å². The lowest BCUT2D eigenvalue weighted by Gasteiger charge is -2.29. The van der Waals surface area contributed by atoms with E-state index in [1.165, 1.54) is 0 Å². The molecule has 0 radical (unpaired) electrons. The summed E-state index contributed by atoms with van der Waals surface area (Å²) in [7, 11) is 0. The van der Waals surface area contributed by atoms with Crippen LogP contribution in [0.1, 0.15) is 13.3 Å². The smallest absolute Gasteiger partial charge is 0.109 e. The number of ether oxygens (including phenoxy) is 2. The fourth-order valence-electron chi connectivity index (χ4n) is 1.59. The maximum atomic E-state index is 5.45. The average molecular weight is 143 g/mol. The molecule has 2 atom stereocenters. The second kappa shape index (κ2) is 2.49. The number of rotatable bonds is 0. The summed E-state index contributed by atoms with van der Waals surface area (Å²) in [6, 6.07) is 0.628. The molecular weight excluding hydrogens is 130 g/mol. The first-order valence-electron chi connectivity index (χ1n) is 3.83. The van der Waals surface area contributed by atoms with Gasteiger partial charge in [-0.1, -0.05) is 0 Å². The fraction of sp³-hybridized carbons (Fsp3) is 1.00. The first-order valence-corrected chi connectivity index (χ1v) is 3.83. The molecule has 3 nitrogen and oxygen atoms in total. The van der Waals surface area contributed by atoms with Crippen LogP contribution in [0.3, 0.4) is 0 Å². The van der Waals surface area contributed by atoms with Gasteiger partial charge in [-0.3, -0.25) is 0 Å². The number of nitrogens with zero attached hydrogens (tertiary/aromatic N) is 1. The molecule has 0 amide bonds. The van der Waals surface area contributed by atoms with E-state index in [-0.39, 0.29) is 6.23 Å². The van der Waals surface area contributed by atoms with Gasteiger partial charge in [-0.15, -0.1) is 0 Å². The molecule has 2 unspecified atom stereocenters. The molecule has 3 heteroatoms. The van der Waals surface area contributed by atoms with Crippen molar-refractivity contribution in [3.63, 3.8) is 0 Å². The van der Waals surface area contributed by atoms with E-state index in [1.54, 1.807) is 0 Å². The van der Waals surface area contributed by atoms with Gasteiger partial charge in [-0.05, 0) is 13.3 Å². The lowest BCUT2D eigenvalue weighted by molar-refractivity contribution is -0.0667. The zero-order chi connectivity index (χ0) is 6.97. The van der Waals surface area contributed by atoms with Gasteiger partial charge in [0.15, 0.2) is 0 Å². The van der Waals surface area contributed by atoms with Crippen molar-refractivity contribution in [1.29, 1.82) is 0 Å². The Morgan fingerprint density at radius 3 is 3.20 bits per heavy atom. The molecule has 10 heavy (non-hydrogen) atoms. The van der Waals surface area contributed by atoms with E-state index < -0.39 is 0 Å². The van der Waals surface area contributed by atoms with Crippen LogP contribution >= 0.6 is 0 Å². The second-order valence-corrected chi connectivity index (χ2v) is 2.93. The zero-order valence-corrected chi connectivity index (χ0v) is 6.25. The summed E-state index contributed by atoms with van der Waals surface area (Å²) >= 11 is 0. The molecule has 0 aromatic rings.